The minimum atomic E-state index is -0.198. The zero-order valence-electron chi connectivity index (χ0n) is 20.1. The van der Waals surface area contributed by atoms with Gasteiger partial charge in [0.05, 0.1) is 12.2 Å². The third-order valence-corrected chi connectivity index (χ3v) is 5.75. The van der Waals surface area contributed by atoms with Gasteiger partial charge >= 0.3 is 0 Å². The molecule has 0 spiro atoms. The summed E-state index contributed by atoms with van der Waals surface area (Å²) in [6.07, 6.45) is 0. The second-order valence-corrected chi connectivity index (χ2v) is 9.46. The van der Waals surface area contributed by atoms with E-state index in [0.29, 0.717) is 35.8 Å². The number of hydrogen-bond acceptors (Lipinski definition) is 4. The van der Waals surface area contributed by atoms with Crippen LogP contribution >= 0.6 is 0 Å². The van der Waals surface area contributed by atoms with Crippen LogP contribution in [0.1, 0.15) is 42.3 Å². The van der Waals surface area contributed by atoms with Gasteiger partial charge in [-0.15, -0.1) is 0 Å². The first-order chi connectivity index (χ1) is 16.2. The molecule has 0 saturated carbocycles. The molecule has 0 unspecified atom stereocenters. The summed E-state index contributed by atoms with van der Waals surface area (Å²) in [7, 11) is 0. The number of aryl methyl sites for hydroxylation is 1. The third kappa shape index (κ3) is 5.39. The van der Waals surface area contributed by atoms with E-state index in [-0.39, 0.29) is 23.8 Å². The Morgan fingerprint density at radius 2 is 1.82 bits per heavy atom. The molecule has 0 atom stereocenters. The van der Waals surface area contributed by atoms with Crippen molar-refractivity contribution in [2.24, 2.45) is 0 Å². The molecular formula is C28H30N2O4. The van der Waals surface area contributed by atoms with Gasteiger partial charge in [-0.05, 0) is 59.9 Å². The summed E-state index contributed by atoms with van der Waals surface area (Å²) in [4.78, 5) is 26.9. The van der Waals surface area contributed by atoms with Gasteiger partial charge in [0.1, 0.15) is 18.1 Å². The number of fused-ring (bicyclic) bond motifs is 1. The molecule has 4 rings (SSSR count). The largest absolute Gasteiger partial charge is 0.492 e. The minimum Gasteiger partial charge on any atom is -0.492 e. The van der Waals surface area contributed by atoms with Crippen molar-refractivity contribution in [1.82, 2.24) is 0 Å². The average Bonchev–Trinajstić information content (AvgIpc) is 2.80. The first kappa shape index (κ1) is 23.4. The summed E-state index contributed by atoms with van der Waals surface area (Å²) in [6, 6.07) is 20.7. The first-order valence-corrected chi connectivity index (χ1v) is 11.4. The summed E-state index contributed by atoms with van der Waals surface area (Å²) in [5, 5.41) is 2.92. The number of ether oxygens (including phenoxy) is 2. The standard InChI is InChI=1S/C28H30N2O4/c1-19-6-5-7-23(16-19)33-15-14-30-24-13-12-22(17-25(24)34-18-26(30)31)29-27(32)20-8-10-21(11-9-20)28(2,3)4/h5-13,16-17H,14-15,18H2,1-4H3,(H,29,32). The van der Waals surface area contributed by atoms with Gasteiger partial charge in [0.2, 0.25) is 0 Å². The van der Waals surface area contributed by atoms with E-state index in [2.05, 4.69) is 26.1 Å². The van der Waals surface area contributed by atoms with Crippen molar-refractivity contribution >= 4 is 23.2 Å². The fraction of sp³-hybridized carbons (Fsp3) is 0.286. The molecule has 0 aliphatic carbocycles. The molecule has 34 heavy (non-hydrogen) atoms. The Balaban J connectivity index is 1.42. The van der Waals surface area contributed by atoms with Gasteiger partial charge in [0, 0.05) is 17.3 Å². The number of carbonyl (C=O) groups is 2. The van der Waals surface area contributed by atoms with Gasteiger partial charge < -0.3 is 19.7 Å². The molecule has 0 fully saturated rings. The Morgan fingerprint density at radius 1 is 1.06 bits per heavy atom. The molecule has 2 amide bonds. The number of nitrogens with one attached hydrogen (secondary N) is 1. The van der Waals surface area contributed by atoms with Gasteiger partial charge in [0.25, 0.3) is 11.8 Å². The van der Waals surface area contributed by atoms with Crippen molar-refractivity contribution in [2.45, 2.75) is 33.1 Å². The predicted octanol–water partition coefficient (Wildman–Crippen LogP) is 5.35. The molecule has 0 aromatic heterocycles. The van der Waals surface area contributed by atoms with Crippen LogP contribution in [0, 0.1) is 6.92 Å². The highest BCUT2D eigenvalue weighted by atomic mass is 16.5. The lowest BCUT2D eigenvalue weighted by molar-refractivity contribution is -0.121. The zero-order valence-corrected chi connectivity index (χ0v) is 20.1. The maximum absolute atomic E-state index is 12.7. The predicted molar refractivity (Wildman–Crippen MR) is 134 cm³/mol. The van der Waals surface area contributed by atoms with Gasteiger partial charge in [-0.3, -0.25) is 9.59 Å². The number of anilines is 2. The van der Waals surface area contributed by atoms with Crippen molar-refractivity contribution in [2.75, 3.05) is 30.0 Å². The topological polar surface area (TPSA) is 67.9 Å². The van der Waals surface area contributed by atoms with Crippen LogP contribution in [0.25, 0.3) is 0 Å². The molecule has 1 aliphatic heterocycles. The molecule has 0 saturated heterocycles. The lowest BCUT2D eigenvalue weighted by atomic mass is 9.87. The fourth-order valence-corrected chi connectivity index (χ4v) is 3.81. The van der Waals surface area contributed by atoms with Crippen molar-refractivity contribution in [1.29, 1.82) is 0 Å². The maximum atomic E-state index is 12.7. The highest BCUT2D eigenvalue weighted by Crippen LogP contribution is 2.34. The molecule has 0 bridgehead atoms. The van der Waals surface area contributed by atoms with Crippen molar-refractivity contribution < 1.29 is 19.1 Å². The van der Waals surface area contributed by atoms with Crippen LogP contribution in [0.3, 0.4) is 0 Å². The fourth-order valence-electron chi connectivity index (χ4n) is 3.81. The van der Waals surface area contributed by atoms with Crippen LogP contribution in [-0.2, 0) is 10.2 Å². The van der Waals surface area contributed by atoms with Crippen molar-refractivity contribution in [3.05, 3.63) is 83.4 Å². The number of rotatable bonds is 6. The molecule has 0 radical (unpaired) electrons. The van der Waals surface area contributed by atoms with Crippen LogP contribution in [0.2, 0.25) is 0 Å². The second-order valence-electron chi connectivity index (χ2n) is 9.46. The molecular weight excluding hydrogens is 428 g/mol. The van der Waals surface area contributed by atoms with E-state index < -0.39 is 0 Å². The van der Waals surface area contributed by atoms with E-state index in [4.69, 9.17) is 9.47 Å². The molecule has 6 nitrogen and oxygen atoms in total. The van der Waals surface area contributed by atoms with Crippen LogP contribution in [0.5, 0.6) is 11.5 Å². The number of carbonyl (C=O) groups excluding carboxylic acids is 2. The summed E-state index contributed by atoms with van der Waals surface area (Å²) in [6.45, 7) is 9.12. The smallest absolute Gasteiger partial charge is 0.265 e. The maximum Gasteiger partial charge on any atom is 0.265 e. The Kier molecular flexibility index (Phi) is 6.59. The molecule has 6 heteroatoms. The van der Waals surface area contributed by atoms with E-state index in [1.165, 1.54) is 5.56 Å². The van der Waals surface area contributed by atoms with Crippen LogP contribution in [-0.4, -0.2) is 31.6 Å². The number of hydrogen-bond donors (Lipinski definition) is 1. The molecule has 1 aliphatic rings. The zero-order chi connectivity index (χ0) is 24.3. The van der Waals surface area contributed by atoms with Crippen LogP contribution in [0.15, 0.2) is 66.7 Å². The molecule has 3 aromatic carbocycles. The lowest BCUT2D eigenvalue weighted by Gasteiger charge is -2.29. The highest BCUT2D eigenvalue weighted by Gasteiger charge is 2.26. The van der Waals surface area contributed by atoms with E-state index >= 15 is 0 Å². The van der Waals surface area contributed by atoms with Gasteiger partial charge in [-0.25, -0.2) is 0 Å². The van der Waals surface area contributed by atoms with Crippen molar-refractivity contribution in [3.63, 3.8) is 0 Å². The normalized spacial score (nSPS) is 13.2. The molecule has 3 aromatic rings. The number of nitrogens with zero attached hydrogens (tertiary/aromatic N) is 1. The quantitative estimate of drug-likeness (QED) is 0.541. The third-order valence-electron chi connectivity index (χ3n) is 5.75. The Labute approximate surface area is 200 Å². The van der Waals surface area contributed by atoms with Crippen molar-refractivity contribution in [3.8, 4) is 11.5 Å². The average molecular weight is 459 g/mol. The van der Waals surface area contributed by atoms with E-state index in [1.807, 2.05) is 55.5 Å². The van der Waals surface area contributed by atoms with Gasteiger partial charge in [-0.1, -0.05) is 45.0 Å². The first-order valence-electron chi connectivity index (χ1n) is 11.4. The Hall–Kier alpha value is -3.80. The Bertz CT molecular complexity index is 1200. The van der Waals surface area contributed by atoms with Crippen LogP contribution in [0.4, 0.5) is 11.4 Å². The van der Waals surface area contributed by atoms with E-state index in [9.17, 15) is 9.59 Å². The summed E-state index contributed by atoms with van der Waals surface area (Å²) in [5.74, 6) is 0.998. The Morgan fingerprint density at radius 3 is 2.53 bits per heavy atom. The number of benzene rings is 3. The summed E-state index contributed by atoms with van der Waals surface area (Å²) < 4.78 is 11.5. The minimum absolute atomic E-state index is 0.0270. The molecule has 1 N–H and O–H groups in total. The second kappa shape index (κ2) is 9.59. The molecule has 176 valence electrons. The monoisotopic (exact) mass is 458 g/mol. The highest BCUT2D eigenvalue weighted by molar-refractivity contribution is 6.05. The van der Waals surface area contributed by atoms with Gasteiger partial charge in [0.15, 0.2) is 6.61 Å². The van der Waals surface area contributed by atoms with Crippen LogP contribution < -0.4 is 19.7 Å². The van der Waals surface area contributed by atoms with Gasteiger partial charge in [-0.2, -0.15) is 0 Å². The number of amides is 2. The summed E-state index contributed by atoms with van der Waals surface area (Å²) >= 11 is 0. The van der Waals surface area contributed by atoms with E-state index in [0.717, 1.165) is 11.3 Å². The lowest BCUT2D eigenvalue weighted by Crippen LogP contribution is -2.41. The summed E-state index contributed by atoms with van der Waals surface area (Å²) in [5.41, 5.74) is 4.16. The van der Waals surface area contributed by atoms with E-state index in [1.54, 1.807) is 23.1 Å². The molecule has 1 heterocycles. The SMILES string of the molecule is Cc1cccc(OCCN2C(=O)COc3cc(NC(=O)c4ccc(C(C)(C)C)cc4)ccc32)c1.